The van der Waals surface area contributed by atoms with Gasteiger partial charge in [0.25, 0.3) is 5.91 Å². The van der Waals surface area contributed by atoms with E-state index in [1.807, 2.05) is 0 Å². The molecule has 0 bridgehead atoms. The zero-order chi connectivity index (χ0) is 20.1. The third kappa shape index (κ3) is 4.73. The van der Waals surface area contributed by atoms with Gasteiger partial charge in [-0.2, -0.15) is 0 Å². The molecule has 0 aliphatic rings. The number of carbonyl (C=O) groups is 2. The Labute approximate surface area is 170 Å². The summed E-state index contributed by atoms with van der Waals surface area (Å²) < 4.78 is 0. The molecular formula is C20H14Cl2N2O4. The Hall–Kier alpha value is -3.22. The van der Waals surface area contributed by atoms with E-state index in [1.165, 1.54) is 24.3 Å². The van der Waals surface area contributed by atoms with Gasteiger partial charge in [0.2, 0.25) is 0 Å². The fraction of sp³-hybridized carbons (Fsp3) is 0. The van der Waals surface area contributed by atoms with E-state index in [0.29, 0.717) is 22.1 Å². The van der Waals surface area contributed by atoms with Gasteiger partial charge < -0.3 is 15.3 Å². The molecule has 3 aromatic rings. The number of rotatable bonds is 6. The molecular weight excluding hydrogens is 403 g/mol. The van der Waals surface area contributed by atoms with Crippen molar-refractivity contribution in [2.24, 2.45) is 0 Å². The highest BCUT2D eigenvalue weighted by atomic mass is 35.5. The van der Waals surface area contributed by atoms with Crippen LogP contribution in [0.25, 0.3) is 0 Å². The molecule has 6 nitrogen and oxygen atoms in total. The topological polar surface area (TPSA) is 87.7 Å². The van der Waals surface area contributed by atoms with Gasteiger partial charge in [0, 0.05) is 10.7 Å². The fourth-order valence-corrected chi connectivity index (χ4v) is 2.73. The average molecular weight is 417 g/mol. The number of anilines is 2. The first kappa shape index (κ1) is 19.5. The lowest BCUT2D eigenvalue weighted by Crippen LogP contribution is -2.17. The third-order valence-corrected chi connectivity index (χ3v) is 4.29. The van der Waals surface area contributed by atoms with E-state index in [1.54, 1.807) is 42.5 Å². The van der Waals surface area contributed by atoms with Crippen LogP contribution < -0.4 is 15.6 Å². The molecule has 0 atom stereocenters. The Bertz CT molecular complexity index is 1010. The second-order valence-corrected chi connectivity index (χ2v) is 6.50. The molecule has 0 aliphatic heterocycles. The van der Waals surface area contributed by atoms with Crippen LogP contribution in [0.3, 0.4) is 0 Å². The van der Waals surface area contributed by atoms with E-state index < -0.39 is 11.9 Å². The standard InChI is InChI=1S/C20H14Cl2N2O4/c21-13-6-10-15(11-7-13)28-24-17-3-1-2-16(22)18(17)19(25)23-14-8-4-12(5-9-14)20(26)27/h1-11,24H,(H,23,25)(H,26,27). The lowest BCUT2D eigenvalue weighted by molar-refractivity contribution is 0.0696. The minimum Gasteiger partial charge on any atom is -0.478 e. The third-order valence-electron chi connectivity index (χ3n) is 3.72. The van der Waals surface area contributed by atoms with Crippen LogP contribution in [0.15, 0.2) is 66.7 Å². The number of halogens is 2. The maximum Gasteiger partial charge on any atom is 0.335 e. The van der Waals surface area contributed by atoms with Crippen LogP contribution in [0.1, 0.15) is 20.7 Å². The van der Waals surface area contributed by atoms with Crippen LogP contribution in [0.5, 0.6) is 5.75 Å². The zero-order valence-corrected chi connectivity index (χ0v) is 15.8. The van der Waals surface area contributed by atoms with E-state index in [2.05, 4.69) is 10.8 Å². The highest BCUT2D eigenvalue weighted by Crippen LogP contribution is 2.26. The lowest BCUT2D eigenvalue weighted by atomic mass is 10.1. The number of benzene rings is 3. The summed E-state index contributed by atoms with van der Waals surface area (Å²) in [5.41, 5.74) is 3.81. The molecule has 0 aliphatic carbocycles. The van der Waals surface area contributed by atoms with Gasteiger partial charge in [0.05, 0.1) is 21.8 Å². The quantitative estimate of drug-likeness (QED) is 0.471. The number of carboxylic acids is 1. The number of carboxylic acid groups (broad SMARTS) is 1. The summed E-state index contributed by atoms with van der Waals surface area (Å²) in [6, 6.07) is 17.4. The molecule has 28 heavy (non-hydrogen) atoms. The van der Waals surface area contributed by atoms with Crippen molar-refractivity contribution in [3.8, 4) is 5.75 Å². The Balaban J connectivity index is 1.77. The molecule has 0 saturated carbocycles. The Morgan fingerprint density at radius 1 is 0.893 bits per heavy atom. The van der Waals surface area contributed by atoms with Crippen molar-refractivity contribution in [2.75, 3.05) is 10.8 Å². The molecule has 142 valence electrons. The summed E-state index contributed by atoms with van der Waals surface area (Å²) >= 11 is 12.0. The van der Waals surface area contributed by atoms with Crippen LogP contribution in [0, 0.1) is 0 Å². The summed E-state index contributed by atoms with van der Waals surface area (Å²) in [6.07, 6.45) is 0. The van der Waals surface area contributed by atoms with Gasteiger partial charge in [-0.15, -0.1) is 0 Å². The predicted octanol–water partition coefficient (Wildman–Crippen LogP) is 5.35. The summed E-state index contributed by atoms with van der Waals surface area (Å²) in [6.45, 7) is 0. The minimum absolute atomic E-state index is 0.120. The molecule has 0 radical (unpaired) electrons. The van der Waals surface area contributed by atoms with Crippen LogP contribution >= 0.6 is 23.2 Å². The number of hydrogen-bond donors (Lipinski definition) is 3. The van der Waals surface area contributed by atoms with Crippen molar-refractivity contribution in [3.05, 3.63) is 87.9 Å². The summed E-state index contributed by atoms with van der Waals surface area (Å²) in [4.78, 5) is 29.1. The van der Waals surface area contributed by atoms with Crippen LogP contribution in [0.4, 0.5) is 11.4 Å². The Morgan fingerprint density at radius 3 is 2.21 bits per heavy atom. The van der Waals surface area contributed by atoms with Crippen molar-refractivity contribution in [3.63, 3.8) is 0 Å². The van der Waals surface area contributed by atoms with E-state index in [9.17, 15) is 9.59 Å². The van der Waals surface area contributed by atoms with Gasteiger partial charge in [-0.25, -0.2) is 10.3 Å². The van der Waals surface area contributed by atoms with Crippen molar-refractivity contribution in [1.29, 1.82) is 0 Å². The van der Waals surface area contributed by atoms with Crippen LogP contribution in [-0.2, 0) is 0 Å². The number of nitrogens with one attached hydrogen (secondary N) is 2. The average Bonchev–Trinajstić information content (AvgIpc) is 2.68. The van der Waals surface area contributed by atoms with Gasteiger partial charge in [-0.05, 0) is 60.7 Å². The van der Waals surface area contributed by atoms with Gasteiger partial charge in [-0.1, -0.05) is 29.3 Å². The molecule has 0 saturated heterocycles. The predicted molar refractivity (Wildman–Crippen MR) is 109 cm³/mol. The summed E-state index contributed by atoms with van der Waals surface area (Å²) in [5.74, 6) is -1.02. The van der Waals surface area contributed by atoms with Gasteiger partial charge in [-0.3, -0.25) is 4.79 Å². The molecule has 8 heteroatoms. The number of amides is 1. The molecule has 3 aromatic carbocycles. The molecule has 0 heterocycles. The zero-order valence-electron chi connectivity index (χ0n) is 14.3. The Morgan fingerprint density at radius 2 is 1.57 bits per heavy atom. The normalized spacial score (nSPS) is 10.2. The maximum absolute atomic E-state index is 12.7. The first-order valence-electron chi connectivity index (χ1n) is 8.05. The Kier molecular flexibility index (Phi) is 6.03. The lowest BCUT2D eigenvalue weighted by Gasteiger charge is -2.14. The first-order valence-corrected chi connectivity index (χ1v) is 8.81. The molecule has 3 rings (SSSR count). The SMILES string of the molecule is O=C(O)c1ccc(NC(=O)c2c(Cl)cccc2NOc2ccc(Cl)cc2)cc1. The van der Waals surface area contributed by atoms with Gasteiger partial charge >= 0.3 is 5.97 Å². The van der Waals surface area contributed by atoms with E-state index in [-0.39, 0.29) is 16.1 Å². The molecule has 0 aromatic heterocycles. The largest absolute Gasteiger partial charge is 0.478 e. The van der Waals surface area contributed by atoms with Gasteiger partial charge in [0.1, 0.15) is 0 Å². The van der Waals surface area contributed by atoms with Gasteiger partial charge in [0.15, 0.2) is 5.75 Å². The second-order valence-electron chi connectivity index (χ2n) is 5.66. The van der Waals surface area contributed by atoms with Crippen molar-refractivity contribution < 1.29 is 19.5 Å². The van der Waals surface area contributed by atoms with E-state index >= 15 is 0 Å². The molecule has 1 amide bonds. The highest BCUT2D eigenvalue weighted by molar-refractivity contribution is 6.35. The summed E-state index contributed by atoms with van der Waals surface area (Å²) in [7, 11) is 0. The minimum atomic E-state index is -1.05. The number of carbonyl (C=O) groups excluding carboxylic acids is 1. The maximum atomic E-state index is 12.7. The van der Waals surface area contributed by atoms with E-state index in [4.69, 9.17) is 33.1 Å². The smallest absolute Gasteiger partial charge is 0.335 e. The number of hydrogen-bond acceptors (Lipinski definition) is 4. The fourth-order valence-electron chi connectivity index (χ4n) is 2.35. The molecule has 0 unspecified atom stereocenters. The monoisotopic (exact) mass is 416 g/mol. The highest BCUT2D eigenvalue weighted by Gasteiger charge is 2.17. The molecule has 0 spiro atoms. The molecule has 3 N–H and O–H groups in total. The first-order chi connectivity index (χ1) is 13.4. The van der Waals surface area contributed by atoms with Crippen molar-refractivity contribution >= 4 is 46.5 Å². The van der Waals surface area contributed by atoms with Crippen LogP contribution in [0.2, 0.25) is 10.0 Å². The summed E-state index contributed by atoms with van der Waals surface area (Å²) in [5, 5.41) is 12.4. The number of aromatic carboxylic acids is 1. The van der Waals surface area contributed by atoms with Crippen molar-refractivity contribution in [2.45, 2.75) is 0 Å². The van der Waals surface area contributed by atoms with Crippen LogP contribution in [-0.4, -0.2) is 17.0 Å². The molecule has 0 fully saturated rings. The van der Waals surface area contributed by atoms with Crippen molar-refractivity contribution in [1.82, 2.24) is 0 Å². The van der Waals surface area contributed by atoms with E-state index in [0.717, 1.165) is 0 Å². The second kappa shape index (κ2) is 8.65.